The molecule has 2 N–H and O–H groups in total. The summed E-state index contributed by atoms with van der Waals surface area (Å²) in [6.45, 7) is 2.33. The first-order chi connectivity index (χ1) is 9.04. The number of nitrogens with zero attached hydrogens (tertiary/aromatic N) is 1. The van der Waals surface area contributed by atoms with Crippen molar-refractivity contribution in [2.24, 2.45) is 5.73 Å². The Hall–Kier alpha value is -1.75. The van der Waals surface area contributed by atoms with Crippen molar-refractivity contribution in [3.8, 4) is 11.5 Å². The molecule has 19 heavy (non-hydrogen) atoms. The number of likely N-dealkylation sites (N-methyl/N-ethyl adjacent to an activating group) is 1. The Morgan fingerprint density at radius 1 is 1.37 bits per heavy atom. The van der Waals surface area contributed by atoms with E-state index >= 15 is 0 Å². The molecule has 0 aliphatic carbocycles. The predicted molar refractivity (Wildman–Crippen MR) is 74.3 cm³/mol. The van der Waals surface area contributed by atoms with Crippen LogP contribution in [0.1, 0.15) is 18.9 Å². The smallest absolute Gasteiger partial charge is 0.239 e. The van der Waals surface area contributed by atoms with Gasteiger partial charge in [-0.05, 0) is 12.5 Å². The third-order valence-corrected chi connectivity index (χ3v) is 3.03. The molecule has 0 fully saturated rings. The van der Waals surface area contributed by atoms with Gasteiger partial charge in [0.15, 0.2) is 11.5 Å². The van der Waals surface area contributed by atoms with Gasteiger partial charge in [-0.2, -0.15) is 0 Å². The van der Waals surface area contributed by atoms with Crippen molar-refractivity contribution in [3.63, 3.8) is 0 Å². The average molecular weight is 266 g/mol. The van der Waals surface area contributed by atoms with Gasteiger partial charge >= 0.3 is 0 Å². The second kappa shape index (κ2) is 6.99. The highest BCUT2D eigenvalue weighted by atomic mass is 16.5. The molecule has 0 aromatic heterocycles. The first-order valence-corrected chi connectivity index (χ1v) is 6.25. The van der Waals surface area contributed by atoms with Gasteiger partial charge in [-0.1, -0.05) is 19.1 Å². The van der Waals surface area contributed by atoms with Crippen molar-refractivity contribution in [1.82, 2.24) is 4.90 Å². The van der Waals surface area contributed by atoms with Crippen molar-refractivity contribution in [3.05, 3.63) is 23.8 Å². The molecule has 0 spiro atoms. The molecule has 1 amide bonds. The number of para-hydroxylation sites is 1. The summed E-state index contributed by atoms with van der Waals surface area (Å²) in [4.78, 5) is 13.6. The number of carbonyl (C=O) groups is 1. The summed E-state index contributed by atoms with van der Waals surface area (Å²) >= 11 is 0. The largest absolute Gasteiger partial charge is 0.493 e. The van der Waals surface area contributed by atoms with Crippen LogP contribution in [0.2, 0.25) is 0 Å². The van der Waals surface area contributed by atoms with Crippen LogP contribution in [0.25, 0.3) is 0 Å². The molecule has 0 aliphatic rings. The van der Waals surface area contributed by atoms with E-state index in [2.05, 4.69) is 0 Å². The Morgan fingerprint density at radius 2 is 2.05 bits per heavy atom. The summed E-state index contributed by atoms with van der Waals surface area (Å²) < 4.78 is 10.6. The molecule has 1 atom stereocenters. The topological polar surface area (TPSA) is 64.8 Å². The summed E-state index contributed by atoms with van der Waals surface area (Å²) in [5, 5.41) is 0. The van der Waals surface area contributed by atoms with Gasteiger partial charge < -0.3 is 20.1 Å². The number of nitrogens with two attached hydrogens (primary N) is 1. The van der Waals surface area contributed by atoms with Crippen LogP contribution in [-0.2, 0) is 11.3 Å². The minimum absolute atomic E-state index is 0.0765. The number of hydrogen-bond donors (Lipinski definition) is 1. The van der Waals surface area contributed by atoms with Gasteiger partial charge in [0, 0.05) is 19.2 Å². The molecule has 0 saturated heterocycles. The molecule has 5 heteroatoms. The number of carbonyl (C=O) groups excluding carboxylic acids is 1. The highest BCUT2D eigenvalue weighted by molar-refractivity contribution is 5.81. The quantitative estimate of drug-likeness (QED) is 0.845. The van der Waals surface area contributed by atoms with E-state index in [-0.39, 0.29) is 5.91 Å². The SMILES string of the molecule is CC[C@H](N)C(=O)N(C)Cc1cccc(OC)c1OC. The predicted octanol–water partition coefficient (Wildman–Crippen LogP) is 1.40. The molecule has 1 aromatic carbocycles. The summed E-state index contributed by atoms with van der Waals surface area (Å²) in [7, 11) is 4.90. The molecule has 0 radical (unpaired) electrons. The molecule has 0 heterocycles. The molecule has 5 nitrogen and oxygen atoms in total. The van der Waals surface area contributed by atoms with Gasteiger partial charge in [0.05, 0.1) is 20.3 Å². The summed E-state index contributed by atoms with van der Waals surface area (Å²) in [5.41, 5.74) is 6.64. The number of amides is 1. The van der Waals surface area contributed by atoms with Gasteiger partial charge in [0.1, 0.15) is 0 Å². The van der Waals surface area contributed by atoms with E-state index < -0.39 is 6.04 Å². The maximum atomic E-state index is 12.0. The van der Waals surface area contributed by atoms with Gasteiger partial charge in [0.25, 0.3) is 0 Å². The number of methoxy groups -OCH3 is 2. The Balaban J connectivity index is 2.90. The molecular formula is C14H22N2O3. The lowest BCUT2D eigenvalue weighted by atomic mass is 10.1. The van der Waals surface area contributed by atoms with Crippen LogP contribution in [0.3, 0.4) is 0 Å². The number of hydrogen-bond acceptors (Lipinski definition) is 4. The van der Waals surface area contributed by atoms with Crippen molar-refractivity contribution in [2.45, 2.75) is 25.9 Å². The fourth-order valence-corrected chi connectivity index (χ4v) is 1.87. The highest BCUT2D eigenvalue weighted by Crippen LogP contribution is 2.31. The molecule has 106 valence electrons. The minimum atomic E-state index is -0.457. The maximum Gasteiger partial charge on any atom is 0.239 e. The maximum absolute atomic E-state index is 12.0. The third kappa shape index (κ3) is 3.61. The lowest BCUT2D eigenvalue weighted by Gasteiger charge is -2.22. The van der Waals surface area contributed by atoms with Crippen molar-refractivity contribution < 1.29 is 14.3 Å². The summed E-state index contributed by atoms with van der Waals surface area (Å²) in [6.07, 6.45) is 0.623. The van der Waals surface area contributed by atoms with E-state index in [4.69, 9.17) is 15.2 Å². The lowest BCUT2D eigenvalue weighted by Crippen LogP contribution is -2.40. The Labute approximate surface area is 114 Å². The highest BCUT2D eigenvalue weighted by Gasteiger charge is 2.18. The van der Waals surface area contributed by atoms with Crippen molar-refractivity contribution in [1.29, 1.82) is 0 Å². The zero-order valence-corrected chi connectivity index (χ0v) is 12.0. The fourth-order valence-electron chi connectivity index (χ4n) is 1.87. The minimum Gasteiger partial charge on any atom is -0.493 e. The van der Waals surface area contributed by atoms with Gasteiger partial charge in [0.2, 0.25) is 5.91 Å². The van der Waals surface area contributed by atoms with Crippen molar-refractivity contribution >= 4 is 5.91 Å². The zero-order chi connectivity index (χ0) is 14.4. The van der Waals surface area contributed by atoms with E-state index in [0.29, 0.717) is 24.5 Å². The first-order valence-electron chi connectivity index (χ1n) is 6.25. The number of benzene rings is 1. The summed E-state index contributed by atoms with van der Waals surface area (Å²) in [5.74, 6) is 1.22. The van der Waals surface area contributed by atoms with Crippen molar-refractivity contribution in [2.75, 3.05) is 21.3 Å². The van der Waals surface area contributed by atoms with Crippen LogP contribution in [0.5, 0.6) is 11.5 Å². The summed E-state index contributed by atoms with van der Waals surface area (Å²) in [6, 6.07) is 5.14. The van der Waals surface area contributed by atoms with Gasteiger partial charge in [-0.15, -0.1) is 0 Å². The second-order valence-electron chi connectivity index (χ2n) is 4.36. The van der Waals surface area contributed by atoms with Crippen LogP contribution in [0.15, 0.2) is 18.2 Å². The normalized spacial score (nSPS) is 11.8. The van der Waals surface area contributed by atoms with E-state index in [9.17, 15) is 4.79 Å². The molecule has 0 aliphatic heterocycles. The zero-order valence-electron chi connectivity index (χ0n) is 12.0. The third-order valence-electron chi connectivity index (χ3n) is 3.03. The Bertz CT molecular complexity index is 435. The molecule has 0 unspecified atom stereocenters. The van der Waals surface area contributed by atoms with Crippen LogP contribution < -0.4 is 15.2 Å². The molecule has 1 rings (SSSR count). The molecule has 0 saturated carbocycles. The second-order valence-corrected chi connectivity index (χ2v) is 4.36. The fraction of sp³-hybridized carbons (Fsp3) is 0.500. The van der Waals surface area contributed by atoms with Crippen LogP contribution >= 0.6 is 0 Å². The van der Waals surface area contributed by atoms with Gasteiger partial charge in [-0.3, -0.25) is 4.79 Å². The van der Waals surface area contributed by atoms with E-state index in [1.165, 1.54) is 0 Å². The lowest BCUT2D eigenvalue weighted by molar-refractivity contribution is -0.131. The molecular weight excluding hydrogens is 244 g/mol. The molecule has 0 bridgehead atoms. The van der Waals surface area contributed by atoms with E-state index in [1.54, 1.807) is 26.2 Å². The van der Waals surface area contributed by atoms with Crippen LogP contribution in [0.4, 0.5) is 0 Å². The van der Waals surface area contributed by atoms with Crippen LogP contribution in [0, 0.1) is 0 Å². The van der Waals surface area contributed by atoms with Gasteiger partial charge in [-0.25, -0.2) is 0 Å². The molecule has 1 aromatic rings. The Kier molecular flexibility index (Phi) is 5.63. The number of ether oxygens (including phenoxy) is 2. The van der Waals surface area contributed by atoms with Crippen LogP contribution in [-0.4, -0.2) is 38.1 Å². The first kappa shape index (κ1) is 15.3. The standard InChI is InChI=1S/C14H22N2O3/c1-5-11(15)14(17)16(2)9-10-7-6-8-12(18-3)13(10)19-4/h6-8,11H,5,9,15H2,1-4H3/t11-/m0/s1. The average Bonchev–Trinajstić information content (AvgIpc) is 2.44. The van der Waals surface area contributed by atoms with E-state index in [1.807, 2.05) is 25.1 Å². The Morgan fingerprint density at radius 3 is 2.58 bits per heavy atom. The number of rotatable bonds is 6. The van der Waals surface area contributed by atoms with E-state index in [0.717, 1.165) is 5.56 Å². The monoisotopic (exact) mass is 266 g/mol.